The summed E-state index contributed by atoms with van der Waals surface area (Å²) in [4.78, 5) is 26.5. The summed E-state index contributed by atoms with van der Waals surface area (Å²) >= 11 is 1.68. The molecular formula is C17H19FN2O2S. The summed E-state index contributed by atoms with van der Waals surface area (Å²) in [7, 11) is 1.61. The molecule has 0 aliphatic heterocycles. The van der Waals surface area contributed by atoms with Crippen molar-refractivity contribution in [1.82, 2.24) is 4.90 Å². The van der Waals surface area contributed by atoms with Crippen LogP contribution in [0.25, 0.3) is 0 Å². The second kappa shape index (κ2) is 8.43. The van der Waals surface area contributed by atoms with E-state index in [-0.39, 0.29) is 24.2 Å². The number of carbonyl (C=O) groups excluding carboxylic acids is 2. The number of rotatable bonds is 7. The van der Waals surface area contributed by atoms with E-state index in [1.54, 1.807) is 18.4 Å². The van der Waals surface area contributed by atoms with Crippen molar-refractivity contribution in [2.75, 3.05) is 18.9 Å². The summed E-state index contributed by atoms with van der Waals surface area (Å²) in [6, 6.07) is 9.55. The summed E-state index contributed by atoms with van der Waals surface area (Å²) in [5, 5.41) is 4.65. The van der Waals surface area contributed by atoms with Crippen molar-refractivity contribution in [3.63, 3.8) is 0 Å². The molecule has 1 heterocycles. The summed E-state index contributed by atoms with van der Waals surface area (Å²) in [6.07, 6.45) is 2.06. The number of halogens is 1. The lowest BCUT2D eigenvalue weighted by molar-refractivity contribution is -0.133. The molecule has 0 spiro atoms. The lowest BCUT2D eigenvalue weighted by Gasteiger charge is -2.16. The number of hydrogen-bond donors (Lipinski definition) is 1. The van der Waals surface area contributed by atoms with Crippen molar-refractivity contribution in [2.45, 2.75) is 19.3 Å². The molecule has 0 bridgehead atoms. The quantitative estimate of drug-likeness (QED) is 0.844. The molecule has 2 rings (SSSR count). The average Bonchev–Trinajstić information content (AvgIpc) is 3.02. The van der Waals surface area contributed by atoms with Gasteiger partial charge in [0.25, 0.3) is 0 Å². The summed E-state index contributed by atoms with van der Waals surface area (Å²) < 4.78 is 12.8. The minimum atomic E-state index is -0.360. The van der Waals surface area contributed by atoms with E-state index in [0.717, 1.165) is 12.8 Å². The van der Waals surface area contributed by atoms with E-state index in [0.29, 0.717) is 12.1 Å². The maximum Gasteiger partial charge on any atom is 0.243 e. The molecule has 4 nitrogen and oxygen atoms in total. The van der Waals surface area contributed by atoms with E-state index in [1.165, 1.54) is 34.0 Å². The minimum Gasteiger partial charge on any atom is -0.336 e. The van der Waals surface area contributed by atoms with E-state index in [9.17, 15) is 14.0 Å². The zero-order valence-corrected chi connectivity index (χ0v) is 13.7. The molecule has 6 heteroatoms. The van der Waals surface area contributed by atoms with E-state index in [1.807, 2.05) is 11.4 Å². The molecule has 2 aromatic rings. The van der Waals surface area contributed by atoms with Crippen LogP contribution in [0.2, 0.25) is 0 Å². The van der Waals surface area contributed by atoms with Crippen molar-refractivity contribution < 1.29 is 14.0 Å². The number of amides is 2. The van der Waals surface area contributed by atoms with Crippen LogP contribution in [0.4, 0.5) is 10.1 Å². The number of anilines is 1. The fourth-order valence-corrected chi connectivity index (χ4v) is 2.85. The highest BCUT2D eigenvalue weighted by atomic mass is 32.1. The van der Waals surface area contributed by atoms with Crippen molar-refractivity contribution in [3.05, 3.63) is 52.5 Å². The van der Waals surface area contributed by atoms with Crippen LogP contribution >= 0.6 is 11.3 Å². The standard InChI is InChI=1S/C17H19FN2O2S/c1-20(17(22)6-2-4-15-5-3-11-23-15)12-16(21)19-14-9-7-13(18)8-10-14/h3,5,7-11H,2,4,6,12H2,1H3,(H,19,21). The van der Waals surface area contributed by atoms with Gasteiger partial charge in [0.15, 0.2) is 0 Å². The van der Waals surface area contributed by atoms with E-state index >= 15 is 0 Å². The van der Waals surface area contributed by atoms with Crippen LogP contribution in [0.3, 0.4) is 0 Å². The van der Waals surface area contributed by atoms with Crippen LogP contribution in [0.1, 0.15) is 17.7 Å². The number of benzene rings is 1. The lowest BCUT2D eigenvalue weighted by atomic mass is 10.2. The third-order valence-corrected chi connectivity index (χ3v) is 4.26. The van der Waals surface area contributed by atoms with Crippen LogP contribution in [0, 0.1) is 5.82 Å². The number of hydrogen-bond acceptors (Lipinski definition) is 3. The predicted molar refractivity (Wildman–Crippen MR) is 89.9 cm³/mol. The fourth-order valence-electron chi connectivity index (χ4n) is 2.10. The molecule has 2 amide bonds. The SMILES string of the molecule is CN(CC(=O)Nc1ccc(F)cc1)C(=O)CCCc1cccs1. The highest BCUT2D eigenvalue weighted by Gasteiger charge is 2.13. The van der Waals surface area contributed by atoms with Gasteiger partial charge in [-0.3, -0.25) is 9.59 Å². The van der Waals surface area contributed by atoms with Gasteiger partial charge in [-0.15, -0.1) is 11.3 Å². The Kier molecular flexibility index (Phi) is 6.29. The molecule has 0 fully saturated rings. The molecule has 0 aliphatic rings. The molecule has 0 unspecified atom stereocenters. The minimum absolute atomic E-state index is 0.0186. The van der Waals surface area contributed by atoms with Crippen molar-refractivity contribution >= 4 is 28.8 Å². The molecule has 0 atom stereocenters. The molecular weight excluding hydrogens is 315 g/mol. The number of likely N-dealkylation sites (N-methyl/N-ethyl adjacent to an activating group) is 1. The summed E-state index contributed by atoms with van der Waals surface area (Å²) in [5.41, 5.74) is 0.509. The van der Waals surface area contributed by atoms with Crippen LogP contribution in [-0.2, 0) is 16.0 Å². The topological polar surface area (TPSA) is 49.4 Å². The Morgan fingerprint density at radius 3 is 2.61 bits per heavy atom. The first-order valence-electron chi connectivity index (χ1n) is 7.36. The van der Waals surface area contributed by atoms with Gasteiger partial charge in [-0.1, -0.05) is 6.07 Å². The van der Waals surface area contributed by atoms with Gasteiger partial charge in [-0.2, -0.15) is 0 Å². The molecule has 1 aromatic heterocycles. The van der Waals surface area contributed by atoms with Crippen LogP contribution < -0.4 is 5.32 Å². The van der Waals surface area contributed by atoms with Crippen molar-refractivity contribution in [1.29, 1.82) is 0 Å². The van der Waals surface area contributed by atoms with Crippen LogP contribution in [0.15, 0.2) is 41.8 Å². The largest absolute Gasteiger partial charge is 0.336 e. The molecule has 1 aromatic carbocycles. The molecule has 0 saturated heterocycles. The van der Waals surface area contributed by atoms with Crippen molar-refractivity contribution in [2.24, 2.45) is 0 Å². The van der Waals surface area contributed by atoms with Crippen LogP contribution in [0.5, 0.6) is 0 Å². The molecule has 0 radical (unpaired) electrons. The number of thiophene rings is 1. The predicted octanol–water partition coefficient (Wildman–Crippen LogP) is 3.31. The first-order chi connectivity index (χ1) is 11.0. The van der Waals surface area contributed by atoms with Gasteiger partial charge in [0.1, 0.15) is 5.82 Å². The molecule has 0 aliphatic carbocycles. The van der Waals surface area contributed by atoms with Gasteiger partial charge in [-0.05, 0) is 48.6 Å². The van der Waals surface area contributed by atoms with Gasteiger partial charge in [0.05, 0.1) is 6.54 Å². The fraction of sp³-hybridized carbons (Fsp3) is 0.294. The third kappa shape index (κ3) is 5.83. The Hall–Kier alpha value is -2.21. The maximum absolute atomic E-state index is 12.8. The first-order valence-corrected chi connectivity index (χ1v) is 8.24. The zero-order valence-electron chi connectivity index (χ0n) is 12.9. The normalized spacial score (nSPS) is 10.3. The number of nitrogens with zero attached hydrogens (tertiary/aromatic N) is 1. The van der Waals surface area contributed by atoms with Crippen LogP contribution in [-0.4, -0.2) is 30.3 Å². The van der Waals surface area contributed by atoms with E-state index in [2.05, 4.69) is 11.4 Å². The molecule has 0 saturated carbocycles. The smallest absolute Gasteiger partial charge is 0.243 e. The average molecular weight is 334 g/mol. The number of carbonyl (C=O) groups is 2. The number of aryl methyl sites for hydroxylation is 1. The number of nitrogens with one attached hydrogen (secondary N) is 1. The Bertz CT molecular complexity index is 641. The van der Waals surface area contributed by atoms with E-state index < -0.39 is 0 Å². The molecule has 1 N–H and O–H groups in total. The summed E-state index contributed by atoms with van der Waals surface area (Å²) in [5.74, 6) is -0.720. The van der Waals surface area contributed by atoms with Gasteiger partial charge >= 0.3 is 0 Å². The van der Waals surface area contributed by atoms with E-state index in [4.69, 9.17) is 0 Å². The van der Waals surface area contributed by atoms with Crippen molar-refractivity contribution in [3.8, 4) is 0 Å². The molecule has 23 heavy (non-hydrogen) atoms. The second-order valence-corrected chi connectivity index (χ2v) is 6.27. The van der Waals surface area contributed by atoms with Gasteiger partial charge < -0.3 is 10.2 Å². The van der Waals surface area contributed by atoms with Gasteiger partial charge in [-0.25, -0.2) is 4.39 Å². The summed E-state index contributed by atoms with van der Waals surface area (Å²) in [6.45, 7) is -0.0186. The Labute approximate surface area is 138 Å². The molecule has 122 valence electrons. The third-order valence-electron chi connectivity index (χ3n) is 3.33. The Morgan fingerprint density at radius 1 is 1.22 bits per heavy atom. The van der Waals surface area contributed by atoms with Gasteiger partial charge in [0, 0.05) is 24.0 Å². The highest BCUT2D eigenvalue weighted by molar-refractivity contribution is 7.09. The zero-order chi connectivity index (χ0) is 16.7. The second-order valence-electron chi connectivity index (χ2n) is 5.24. The Balaban J connectivity index is 1.71. The maximum atomic E-state index is 12.8. The van der Waals surface area contributed by atoms with Gasteiger partial charge in [0.2, 0.25) is 11.8 Å². The first kappa shape index (κ1) is 17.1. The lowest BCUT2D eigenvalue weighted by Crippen LogP contribution is -2.34. The highest BCUT2D eigenvalue weighted by Crippen LogP contribution is 2.12. The Morgan fingerprint density at radius 2 is 1.96 bits per heavy atom. The monoisotopic (exact) mass is 334 g/mol.